The summed E-state index contributed by atoms with van der Waals surface area (Å²) in [6.07, 6.45) is 1.69. The normalized spacial score (nSPS) is 12.3. The first-order valence-corrected chi connectivity index (χ1v) is 8.41. The third kappa shape index (κ3) is 3.56. The molecule has 0 radical (unpaired) electrons. The topological polar surface area (TPSA) is 42.0 Å². The van der Waals surface area contributed by atoms with Crippen LogP contribution in [0.2, 0.25) is 0 Å². The van der Waals surface area contributed by atoms with Crippen molar-refractivity contribution < 1.29 is 9.18 Å². The number of nitrogens with zero attached hydrogens (tertiary/aromatic N) is 1. The first kappa shape index (κ1) is 15.6. The van der Waals surface area contributed by atoms with Crippen molar-refractivity contribution in [2.24, 2.45) is 0 Å². The van der Waals surface area contributed by atoms with Gasteiger partial charge in [0.25, 0.3) is 0 Å². The van der Waals surface area contributed by atoms with Gasteiger partial charge in [-0.1, -0.05) is 55.0 Å². The number of nitrogens with one attached hydrogen (secondary N) is 1. The van der Waals surface area contributed by atoms with Gasteiger partial charge in [0.05, 0.1) is 16.1 Å². The van der Waals surface area contributed by atoms with Crippen molar-refractivity contribution in [3.05, 3.63) is 59.9 Å². The quantitative estimate of drug-likeness (QED) is 0.719. The van der Waals surface area contributed by atoms with Crippen LogP contribution in [-0.4, -0.2) is 10.9 Å². The largest absolute Gasteiger partial charge is 0.301 e. The van der Waals surface area contributed by atoms with Crippen LogP contribution < -0.4 is 5.32 Å². The van der Waals surface area contributed by atoms with E-state index in [2.05, 4.69) is 17.2 Å². The van der Waals surface area contributed by atoms with E-state index in [-0.39, 0.29) is 17.6 Å². The molecular weight excluding hydrogens is 311 g/mol. The van der Waals surface area contributed by atoms with Crippen LogP contribution in [0.1, 0.15) is 31.2 Å². The highest BCUT2D eigenvalue weighted by molar-refractivity contribution is 7.22. The molecule has 3 nitrogen and oxygen atoms in total. The highest BCUT2D eigenvalue weighted by Crippen LogP contribution is 2.29. The summed E-state index contributed by atoms with van der Waals surface area (Å²) in [5.41, 5.74) is 1.69. The van der Waals surface area contributed by atoms with Crippen molar-refractivity contribution >= 4 is 32.6 Å². The Morgan fingerprint density at radius 2 is 2.04 bits per heavy atom. The maximum Gasteiger partial charge on any atom is 0.233 e. The van der Waals surface area contributed by atoms with Gasteiger partial charge in [0.15, 0.2) is 5.13 Å². The summed E-state index contributed by atoms with van der Waals surface area (Å²) < 4.78 is 14.0. The summed E-state index contributed by atoms with van der Waals surface area (Å²) in [5.74, 6) is -0.574. The lowest BCUT2D eigenvalue weighted by Gasteiger charge is -2.15. The van der Waals surface area contributed by atoms with E-state index in [9.17, 15) is 9.18 Å². The fourth-order valence-corrected chi connectivity index (χ4v) is 3.46. The molecule has 0 unspecified atom stereocenters. The molecule has 1 N–H and O–H groups in total. The van der Waals surface area contributed by atoms with E-state index >= 15 is 0 Å². The average molecular weight is 328 g/mol. The molecule has 1 heterocycles. The van der Waals surface area contributed by atoms with Crippen LogP contribution >= 0.6 is 11.3 Å². The van der Waals surface area contributed by atoms with Crippen molar-refractivity contribution in [2.75, 3.05) is 5.32 Å². The summed E-state index contributed by atoms with van der Waals surface area (Å²) in [6.45, 7) is 2.06. The van der Waals surface area contributed by atoms with Crippen molar-refractivity contribution in [1.29, 1.82) is 0 Å². The van der Waals surface area contributed by atoms with Gasteiger partial charge in [-0.25, -0.2) is 9.37 Å². The molecule has 3 aromatic rings. The second-order valence-electron chi connectivity index (χ2n) is 5.37. The van der Waals surface area contributed by atoms with Crippen molar-refractivity contribution in [3.8, 4) is 0 Å². The van der Waals surface area contributed by atoms with Crippen LogP contribution in [0.15, 0.2) is 48.5 Å². The van der Waals surface area contributed by atoms with E-state index in [0.717, 1.165) is 23.1 Å². The van der Waals surface area contributed by atoms with Gasteiger partial charge < -0.3 is 5.32 Å². The second kappa shape index (κ2) is 6.87. The summed E-state index contributed by atoms with van der Waals surface area (Å²) in [4.78, 5) is 17.0. The van der Waals surface area contributed by atoms with Gasteiger partial charge in [-0.2, -0.15) is 0 Å². The molecule has 0 bridgehead atoms. The molecule has 118 valence electrons. The third-order valence-electron chi connectivity index (χ3n) is 3.68. The zero-order valence-electron chi connectivity index (χ0n) is 12.8. The fourth-order valence-electron chi connectivity index (χ4n) is 2.57. The molecule has 3 rings (SSSR count). The molecule has 1 aromatic heterocycles. The molecular formula is C18H17FN2OS. The van der Waals surface area contributed by atoms with Gasteiger partial charge in [0.2, 0.25) is 5.91 Å². The lowest BCUT2D eigenvalue weighted by atomic mass is 9.94. The molecule has 2 aromatic carbocycles. The van der Waals surface area contributed by atoms with Gasteiger partial charge in [0, 0.05) is 0 Å². The number of carbonyl (C=O) groups is 1. The van der Waals surface area contributed by atoms with E-state index in [4.69, 9.17) is 0 Å². The van der Waals surface area contributed by atoms with Crippen LogP contribution in [0.3, 0.4) is 0 Å². The number of hydrogen-bond donors (Lipinski definition) is 1. The number of halogens is 1. The highest BCUT2D eigenvalue weighted by atomic mass is 32.1. The van der Waals surface area contributed by atoms with Crippen LogP contribution in [0.4, 0.5) is 9.52 Å². The van der Waals surface area contributed by atoms with E-state index in [0.29, 0.717) is 10.6 Å². The molecule has 5 heteroatoms. The van der Waals surface area contributed by atoms with Crippen molar-refractivity contribution in [3.63, 3.8) is 0 Å². The Morgan fingerprint density at radius 3 is 2.78 bits per heavy atom. The third-order valence-corrected chi connectivity index (χ3v) is 4.61. The summed E-state index contributed by atoms with van der Waals surface area (Å²) >= 11 is 1.29. The second-order valence-corrected chi connectivity index (χ2v) is 6.40. The number of anilines is 1. The predicted octanol–water partition coefficient (Wildman–Crippen LogP) is 4.96. The molecule has 0 spiro atoms. The lowest BCUT2D eigenvalue weighted by Crippen LogP contribution is -2.21. The van der Waals surface area contributed by atoms with E-state index in [1.54, 1.807) is 6.07 Å². The van der Waals surface area contributed by atoms with Gasteiger partial charge in [0.1, 0.15) is 5.82 Å². The Kier molecular flexibility index (Phi) is 4.67. The van der Waals surface area contributed by atoms with Gasteiger partial charge in [-0.15, -0.1) is 0 Å². The Bertz CT molecular complexity index is 816. The van der Waals surface area contributed by atoms with Crippen LogP contribution in [0, 0.1) is 5.82 Å². The van der Waals surface area contributed by atoms with E-state index in [1.165, 1.54) is 23.5 Å². The van der Waals surface area contributed by atoms with Gasteiger partial charge >= 0.3 is 0 Å². The monoisotopic (exact) mass is 328 g/mol. The minimum absolute atomic E-state index is 0.0717. The molecule has 0 fully saturated rings. The number of aromatic nitrogens is 1. The summed E-state index contributed by atoms with van der Waals surface area (Å²) in [6, 6.07) is 14.2. The number of rotatable bonds is 5. The van der Waals surface area contributed by atoms with E-state index < -0.39 is 0 Å². The number of fused-ring (bicyclic) bond motifs is 1. The maximum atomic E-state index is 13.2. The van der Waals surface area contributed by atoms with Crippen LogP contribution in [0.5, 0.6) is 0 Å². The van der Waals surface area contributed by atoms with Crippen molar-refractivity contribution in [2.45, 2.75) is 25.7 Å². The Hall–Kier alpha value is -2.27. The van der Waals surface area contributed by atoms with Crippen LogP contribution in [-0.2, 0) is 4.79 Å². The standard InChI is InChI=1S/C18H17FN2OS/c1-2-6-14(12-7-4-3-5-8-12)17(22)21-18-20-15-10-9-13(19)11-16(15)23-18/h3-5,7-11,14H,2,6H2,1H3,(H,20,21,22)/t14-/m1/s1. The summed E-state index contributed by atoms with van der Waals surface area (Å²) in [5, 5.41) is 3.39. The minimum atomic E-state index is -0.299. The first-order valence-electron chi connectivity index (χ1n) is 7.59. The predicted molar refractivity (Wildman–Crippen MR) is 92.3 cm³/mol. The Morgan fingerprint density at radius 1 is 1.26 bits per heavy atom. The molecule has 1 amide bonds. The Balaban J connectivity index is 1.82. The van der Waals surface area contributed by atoms with Gasteiger partial charge in [-0.3, -0.25) is 4.79 Å². The zero-order chi connectivity index (χ0) is 16.2. The van der Waals surface area contributed by atoms with Crippen molar-refractivity contribution in [1.82, 2.24) is 4.98 Å². The SMILES string of the molecule is CCC[C@@H](C(=O)Nc1nc2ccc(F)cc2s1)c1ccccc1. The maximum absolute atomic E-state index is 13.2. The number of hydrogen-bond acceptors (Lipinski definition) is 3. The molecule has 1 atom stereocenters. The first-order chi connectivity index (χ1) is 11.2. The number of benzene rings is 2. The fraction of sp³-hybridized carbons (Fsp3) is 0.222. The molecule has 0 saturated heterocycles. The average Bonchev–Trinajstić information content (AvgIpc) is 2.94. The minimum Gasteiger partial charge on any atom is -0.301 e. The molecule has 23 heavy (non-hydrogen) atoms. The van der Waals surface area contributed by atoms with Gasteiger partial charge in [-0.05, 0) is 30.2 Å². The van der Waals surface area contributed by atoms with E-state index in [1.807, 2.05) is 30.3 Å². The smallest absolute Gasteiger partial charge is 0.233 e. The highest BCUT2D eigenvalue weighted by Gasteiger charge is 2.20. The van der Waals surface area contributed by atoms with Crippen LogP contribution in [0.25, 0.3) is 10.2 Å². The molecule has 0 aliphatic heterocycles. The molecule has 0 saturated carbocycles. The Labute approximate surface area is 138 Å². The summed E-state index contributed by atoms with van der Waals surface area (Å²) in [7, 11) is 0. The molecule has 0 aliphatic rings. The molecule has 0 aliphatic carbocycles. The zero-order valence-corrected chi connectivity index (χ0v) is 13.6. The number of thiazole rings is 1. The number of amides is 1. The number of carbonyl (C=O) groups excluding carboxylic acids is 1. The lowest BCUT2D eigenvalue weighted by molar-refractivity contribution is -0.117.